The zero-order valence-electron chi connectivity index (χ0n) is 28.5. The number of ketones is 1. The van der Waals surface area contributed by atoms with E-state index in [4.69, 9.17) is 12.8 Å². The topological polar surface area (TPSA) is 171 Å². The van der Waals surface area contributed by atoms with E-state index in [0.29, 0.717) is 12.8 Å². The second kappa shape index (κ2) is 14.7. The number of hydrogen-bond donors (Lipinski definition) is 4. The van der Waals surface area contributed by atoms with Gasteiger partial charge in [0.2, 0.25) is 17.6 Å². The Morgan fingerprint density at radius 1 is 0.979 bits per heavy atom. The van der Waals surface area contributed by atoms with Crippen molar-refractivity contribution in [3.63, 3.8) is 0 Å². The van der Waals surface area contributed by atoms with Gasteiger partial charge in [-0.25, -0.2) is 13.2 Å². The van der Waals surface area contributed by atoms with Gasteiger partial charge in [0.15, 0.2) is 0 Å². The number of piperidine rings is 1. The molecular weight excluding hydrogens is 622 g/mol. The highest BCUT2D eigenvalue weighted by molar-refractivity contribution is 7.90. The second-order valence-electron chi connectivity index (χ2n) is 15.1. The number of fused-ring (bicyclic) bond motifs is 1. The van der Waals surface area contributed by atoms with E-state index in [9.17, 15) is 32.4 Å². The van der Waals surface area contributed by atoms with Gasteiger partial charge in [-0.2, -0.15) is 0 Å². The predicted molar refractivity (Wildman–Crippen MR) is 178 cm³/mol. The van der Waals surface area contributed by atoms with Gasteiger partial charge in [-0.05, 0) is 41.9 Å². The first-order chi connectivity index (χ1) is 21.8. The molecule has 47 heavy (non-hydrogen) atoms. The van der Waals surface area contributed by atoms with Gasteiger partial charge in [0, 0.05) is 32.2 Å². The number of amides is 5. The normalized spacial score (nSPS) is 23.9. The zero-order valence-corrected chi connectivity index (χ0v) is 29.3. The van der Waals surface area contributed by atoms with Crippen LogP contribution >= 0.6 is 0 Å². The van der Waals surface area contributed by atoms with E-state index in [1.807, 2.05) is 13.8 Å². The summed E-state index contributed by atoms with van der Waals surface area (Å²) in [6.07, 6.45) is 15.7. The molecule has 2 unspecified atom stereocenters. The van der Waals surface area contributed by atoms with Gasteiger partial charge < -0.3 is 26.2 Å². The number of Topliss-reactive ketones (excluding diaryl/α,β-unsaturated/α-hetero) is 1. The Morgan fingerprint density at radius 3 is 2.15 bits per heavy atom. The van der Waals surface area contributed by atoms with Crippen LogP contribution in [0, 0.1) is 47.4 Å². The average Bonchev–Trinajstić information content (AvgIpc) is 3.27. The molecule has 0 aromatic carbocycles. The van der Waals surface area contributed by atoms with E-state index < -0.39 is 68.5 Å². The molecule has 5 atom stereocenters. The number of carbonyl (C=O) groups excluding carboxylic acids is 5. The molecule has 12 nitrogen and oxygen atoms in total. The summed E-state index contributed by atoms with van der Waals surface area (Å²) in [5.74, 6) is 1.64. The number of urea groups is 1. The molecule has 1 aliphatic heterocycles. The summed E-state index contributed by atoms with van der Waals surface area (Å²) < 4.78 is 24.6. The van der Waals surface area contributed by atoms with E-state index in [1.165, 1.54) is 4.90 Å². The Morgan fingerprint density at radius 2 is 1.60 bits per heavy atom. The summed E-state index contributed by atoms with van der Waals surface area (Å²) >= 11 is 0. The van der Waals surface area contributed by atoms with Crippen LogP contribution < -0.4 is 21.3 Å². The van der Waals surface area contributed by atoms with Crippen LogP contribution in [0.15, 0.2) is 0 Å². The van der Waals surface area contributed by atoms with Gasteiger partial charge in [0.05, 0.1) is 17.3 Å². The summed E-state index contributed by atoms with van der Waals surface area (Å²) in [6, 6.07) is -3.85. The lowest BCUT2D eigenvalue weighted by Crippen LogP contribution is -2.63. The minimum absolute atomic E-state index is 0.0174. The number of terminal acetylenes is 2. The molecule has 5 amide bonds. The predicted octanol–water partition coefficient (Wildman–Crippen LogP) is 1.54. The van der Waals surface area contributed by atoms with Gasteiger partial charge in [0.25, 0.3) is 5.91 Å². The molecule has 0 bridgehead atoms. The minimum atomic E-state index is -3.41. The highest BCUT2D eigenvalue weighted by Gasteiger charge is 2.70. The Labute approximate surface area is 279 Å². The number of hydrogen-bond acceptors (Lipinski definition) is 7. The molecule has 2 aliphatic carbocycles. The fourth-order valence-corrected chi connectivity index (χ4v) is 8.68. The largest absolute Gasteiger partial charge is 0.348 e. The van der Waals surface area contributed by atoms with Crippen molar-refractivity contribution in [3.8, 4) is 24.7 Å². The van der Waals surface area contributed by atoms with Crippen LogP contribution in [0.1, 0.15) is 86.0 Å². The molecule has 3 fully saturated rings. The first-order valence-corrected chi connectivity index (χ1v) is 18.4. The van der Waals surface area contributed by atoms with E-state index in [2.05, 4.69) is 33.1 Å². The molecule has 0 radical (unpaired) electrons. The summed E-state index contributed by atoms with van der Waals surface area (Å²) in [5.41, 5.74) is -1.96. The number of carbonyl (C=O) groups is 5. The zero-order chi connectivity index (χ0) is 35.4. The maximum atomic E-state index is 14.3. The smallest absolute Gasteiger partial charge is 0.315 e. The Kier molecular flexibility index (Phi) is 11.8. The number of sulfone groups is 1. The molecule has 0 aromatic rings. The fraction of sp³-hybridized carbons (Fsp3) is 0.735. The Hall–Kier alpha value is -3.58. The van der Waals surface area contributed by atoms with Crippen LogP contribution in [0.3, 0.4) is 0 Å². The lowest BCUT2D eigenvalue weighted by atomic mass is 9.83. The van der Waals surface area contributed by atoms with Crippen LogP contribution in [0.5, 0.6) is 0 Å². The van der Waals surface area contributed by atoms with Crippen LogP contribution in [0.4, 0.5) is 4.79 Å². The van der Waals surface area contributed by atoms with Gasteiger partial charge in [0.1, 0.15) is 21.9 Å². The van der Waals surface area contributed by atoms with Crippen molar-refractivity contribution in [1.82, 2.24) is 26.2 Å². The molecule has 3 rings (SSSR count). The SMILES string of the molecule is C#CCCNC(=O)C(=O)C(CCC#C)NC(=O)[C@@H]1[C@@H]2C(CN1C(=O)[C@@H](NC(=O)NC1(CS(C)(=O)=O)CCCCC1)C(C)(C)C)C2(C)C. The molecule has 13 heteroatoms. The van der Waals surface area contributed by atoms with Crippen molar-refractivity contribution in [1.29, 1.82) is 0 Å². The standard InChI is InChI=1S/C34H51N5O7S/c1-9-11-16-23(26(40)29(42)35-19-12-10-2)36-28(41)25-24-22(33(24,6)7)20-39(25)30(43)27(32(3,4)5)37-31(44)38-34(21-47(8,45)46)17-14-13-15-18-34/h1-2,22-25,27H,11-21H2,3-8H3,(H,35,42)(H,36,41)(H2,37,38,44)/t22?,23?,24-,25-,27+/m0/s1. The molecule has 1 saturated heterocycles. The fourth-order valence-electron chi connectivity index (χ4n) is 7.32. The molecule has 1 heterocycles. The molecule has 2 saturated carbocycles. The van der Waals surface area contributed by atoms with Gasteiger partial charge >= 0.3 is 6.03 Å². The molecule has 260 valence electrons. The van der Waals surface area contributed by atoms with Crippen molar-refractivity contribution in [3.05, 3.63) is 0 Å². The van der Waals surface area contributed by atoms with Crippen LogP contribution in [0.2, 0.25) is 0 Å². The van der Waals surface area contributed by atoms with Crippen molar-refractivity contribution in [2.24, 2.45) is 22.7 Å². The third-order valence-electron chi connectivity index (χ3n) is 9.87. The number of likely N-dealkylation sites (tertiary alicyclic amines) is 1. The highest BCUT2D eigenvalue weighted by atomic mass is 32.2. The molecule has 3 aliphatic rings. The highest BCUT2D eigenvalue weighted by Crippen LogP contribution is 2.65. The Balaban J connectivity index is 1.84. The second-order valence-corrected chi connectivity index (χ2v) is 17.2. The number of nitrogens with one attached hydrogen (secondary N) is 4. The summed E-state index contributed by atoms with van der Waals surface area (Å²) in [5, 5.41) is 10.9. The monoisotopic (exact) mass is 673 g/mol. The summed E-state index contributed by atoms with van der Waals surface area (Å²) in [6.45, 7) is 9.80. The van der Waals surface area contributed by atoms with Crippen molar-refractivity contribution in [2.75, 3.05) is 25.1 Å². The first kappa shape index (κ1) is 37.9. The lowest BCUT2D eigenvalue weighted by Gasteiger charge is -2.40. The van der Waals surface area contributed by atoms with Crippen molar-refractivity contribution < 1.29 is 32.4 Å². The van der Waals surface area contributed by atoms with Crippen LogP contribution in [-0.2, 0) is 29.0 Å². The summed E-state index contributed by atoms with van der Waals surface area (Å²) in [7, 11) is -3.41. The quantitative estimate of drug-likeness (QED) is 0.131. The van der Waals surface area contributed by atoms with E-state index in [1.54, 1.807) is 20.8 Å². The van der Waals surface area contributed by atoms with Crippen molar-refractivity contribution in [2.45, 2.75) is 110 Å². The first-order valence-electron chi connectivity index (χ1n) is 16.3. The Bertz CT molecular complexity index is 1430. The lowest BCUT2D eigenvalue weighted by molar-refractivity contribution is -0.145. The van der Waals surface area contributed by atoms with Crippen LogP contribution in [-0.4, -0.2) is 91.6 Å². The van der Waals surface area contributed by atoms with E-state index in [-0.39, 0.29) is 55.4 Å². The van der Waals surface area contributed by atoms with Crippen LogP contribution in [0.25, 0.3) is 0 Å². The third-order valence-corrected chi connectivity index (χ3v) is 10.9. The third kappa shape index (κ3) is 9.28. The molecule has 4 N–H and O–H groups in total. The average molecular weight is 674 g/mol. The van der Waals surface area contributed by atoms with E-state index >= 15 is 0 Å². The van der Waals surface area contributed by atoms with Gasteiger partial charge in [-0.3, -0.25) is 19.2 Å². The summed E-state index contributed by atoms with van der Waals surface area (Å²) in [4.78, 5) is 68.8. The molecule has 0 spiro atoms. The molecule has 0 aromatic heterocycles. The van der Waals surface area contributed by atoms with Gasteiger partial charge in [-0.15, -0.1) is 24.7 Å². The maximum absolute atomic E-state index is 14.3. The molecular formula is C34H51N5O7S. The maximum Gasteiger partial charge on any atom is 0.315 e. The minimum Gasteiger partial charge on any atom is -0.348 e. The van der Waals surface area contributed by atoms with E-state index in [0.717, 1.165) is 25.5 Å². The van der Waals surface area contributed by atoms with Crippen molar-refractivity contribution >= 4 is 39.4 Å². The number of rotatable bonds is 13. The number of nitrogens with zero attached hydrogens (tertiary/aromatic N) is 1. The van der Waals surface area contributed by atoms with Gasteiger partial charge in [-0.1, -0.05) is 53.9 Å².